The molecule has 1 aliphatic heterocycles. The van der Waals surface area contributed by atoms with Crippen LogP contribution in [0.3, 0.4) is 0 Å². The normalized spacial score (nSPS) is 23.6. The molecule has 0 saturated carbocycles. The molecule has 1 aliphatic rings. The van der Waals surface area contributed by atoms with Crippen molar-refractivity contribution >= 4 is 16.0 Å². The van der Waals surface area contributed by atoms with Gasteiger partial charge in [-0.25, -0.2) is 8.42 Å². The summed E-state index contributed by atoms with van der Waals surface area (Å²) in [6.45, 7) is 4.50. The van der Waals surface area contributed by atoms with E-state index in [1.54, 1.807) is 13.8 Å². The zero-order valence-electron chi connectivity index (χ0n) is 9.51. The summed E-state index contributed by atoms with van der Waals surface area (Å²) in [6, 6.07) is -0.975. The van der Waals surface area contributed by atoms with Crippen molar-refractivity contribution in [3.05, 3.63) is 0 Å². The second kappa shape index (κ2) is 5.11. The summed E-state index contributed by atoms with van der Waals surface area (Å²) in [4.78, 5) is 11.0. The fourth-order valence-electron chi connectivity index (χ4n) is 1.75. The average Bonchev–Trinajstić information content (AvgIpc) is 2.15. The third-order valence-electron chi connectivity index (χ3n) is 2.38. The molecular weight excluding hydrogens is 232 g/mol. The lowest BCUT2D eigenvalue weighted by Crippen LogP contribution is -2.57. The lowest BCUT2D eigenvalue weighted by Gasteiger charge is -2.32. The van der Waals surface area contributed by atoms with E-state index >= 15 is 0 Å². The Morgan fingerprint density at radius 2 is 2.19 bits per heavy atom. The molecule has 0 bridgehead atoms. The Morgan fingerprint density at radius 3 is 2.69 bits per heavy atom. The Morgan fingerprint density at radius 1 is 1.56 bits per heavy atom. The van der Waals surface area contributed by atoms with Crippen LogP contribution < -0.4 is 5.32 Å². The van der Waals surface area contributed by atoms with Gasteiger partial charge in [-0.05, 0) is 5.92 Å². The van der Waals surface area contributed by atoms with Crippen LogP contribution in [0.5, 0.6) is 0 Å². The smallest absolute Gasteiger partial charge is 0.323 e. The van der Waals surface area contributed by atoms with Gasteiger partial charge in [-0.15, -0.1) is 0 Å². The van der Waals surface area contributed by atoms with E-state index in [2.05, 4.69) is 5.32 Å². The van der Waals surface area contributed by atoms with Crippen molar-refractivity contribution < 1.29 is 18.3 Å². The molecule has 0 aliphatic carbocycles. The number of carboxylic acids is 1. The predicted octanol–water partition coefficient (Wildman–Crippen LogP) is -0.669. The third-order valence-corrected chi connectivity index (χ3v) is 4.62. The Balaban J connectivity index is 2.86. The van der Waals surface area contributed by atoms with Crippen molar-refractivity contribution in [2.45, 2.75) is 19.9 Å². The number of hydrogen-bond acceptors (Lipinski definition) is 4. The summed E-state index contributed by atoms with van der Waals surface area (Å²) in [6.07, 6.45) is 0. The first-order chi connectivity index (χ1) is 7.34. The first-order valence-electron chi connectivity index (χ1n) is 5.27. The Hall–Kier alpha value is -0.660. The van der Waals surface area contributed by atoms with Crippen LogP contribution in [0.15, 0.2) is 0 Å². The van der Waals surface area contributed by atoms with Gasteiger partial charge in [-0.3, -0.25) is 4.79 Å². The zero-order valence-corrected chi connectivity index (χ0v) is 10.3. The molecule has 0 radical (unpaired) electrons. The van der Waals surface area contributed by atoms with Crippen LogP contribution in [0.2, 0.25) is 0 Å². The Bertz CT molecular complexity index is 353. The summed E-state index contributed by atoms with van der Waals surface area (Å²) in [5.41, 5.74) is 0. The third kappa shape index (κ3) is 3.16. The lowest BCUT2D eigenvalue weighted by atomic mass is 10.2. The number of rotatable bonds is 4. The van der Waals surface area contributed by atoms with Gasteiger partial charge in [0, 0.05) is 19.6 Å². The van der Waals surface area contributed by atoms with Crippen LogP contribution in [0.25, 0.3) is 0 Å². The van der Waals surface area contributed by atoms with E-state index in [0.29, 0.717) is 6.54 Å². The Labute approximate surface area is 95.7 Å². The quantitative estimate of drug-likeness (QED) is 0.691. The van der Waals surface area contributed by atoms with Gasteiger partial charge in [0.05, 0.1) is 5.75 Å². The highest BCUT2D eigenvalue weighted by Crippen LogP contribution is 2.13. The van der Waals surface area contributed by atoms with E-state index < -0.39 is 22.0 Å². The van der Waals surface area contributed by atoms with Gasteiger partial charge < -0.3 is 10.4 Å². The van der Waals surface area contributed by atoms with E-state index in [4.69, 9.17) is 5.11 Å². The van der Waals surface area contributed by atoms with Crippen molar-refractivity contribution in [2.75, 3.05) is 25.4 Å². The van der Waals surface area contributed by atoms with Crippen LogP contribution in [-0.2, 0) is 14.8 Å². The summed E-state index contributed by atoms with van der Waals surface area (Å²) in [7, 11) is -3.46. The largest absolute Gasteiger partial charge is 0.480 e. The van der Waals surface area contributed by atoms with Crippen molar-refractivity contribution in [3.8, 4) is 0 Å². The molecule has 7 heteroatoms. The maximum atomic E-state index is 11.9. The van der Waals surface area contributed by atoms with Crippen LogP contribution in [0, 0.1) is 5.92 Å². The summed E-state index contributed by atoms with van der Waals surface area (Å²) >= 11 is 0. The van der Waals surface area contributed by atoms with Gasteiger partial charge in [-0.1, -0.05) is 13.8 Å². The SMILES string of the molecule is CC(C)CS(=O)(=O)N1CCNCC1C(=O)O. The predicted molar refractivity (Wildman–Crippen MR) is 59.6 cm³/mol. The van der Waals surface area contributed by atoms with E-state index in [0.717, 1.165) is 4.31 Å². The molecule has 94 valence electrons. The van der Waals surface area contributed by atoms with E-state index in [9.17, 15) is 13.2 Å². The number of piperazine rings is 1. The standard InChI is InChI=1S/C9H18N2O4S/c1-7(2)6-16(14,15)11-4-3-10-5-8(11)9(12)13/h7-8,10H,3-6H2,1-2H3,(H,12,13). The van der Waals surface area contributed by atoms with Crippen LogP contribution in [0.1, 0.15) is 13.8 Å². The van der Waals surface area contributed by atoms with Gasteiger partial charge in [0.2, 0.25) is 10.0 Å². The molecule has 6 nitrogen and oxygen atoms in total. The fourth-order valence-corrected chi connectivity index (χ4v) is 3.70. The first-order valence-corrected chi connectivity index (χ1v) is 6.88. The van der Waals surface area contributed by atoms with Crippen molar-refractivity contribution in [2.24, 2.45) is 5.92 Å². The topological polar surface area (TPSA) is 86.7 Å². The number of carbonyl (C=O) groups is 1. The van der Waals surface area contributed by atoms with E-state index in [1.807, 2.05) is 0 Å². The van der Waals surface area contributed by atoms with Crippen LogP contribution in [-0.4, -0.2) is 55.2 Å². The molecule has 1 heterocycles. The number of aliphatic carboxylic acids is 1. The second-order valence-electron chi connectivity index (χ2n) is 4.34. The average molecular weight is 250 g/mol. The fraction of sp³-hybridized carbons (Fsp3) is 0.889. The van der Waals surface area contributed by atoms with E-state index in [1.165, 1.54) is 0 Å². The molecule has 1 atom stereocenters. The molecule has 0 aromatic rings. The maximum Gasteiger partial charge on any atom is 0.323 e. The number of hydrogen-bond donors (Lipinski definition) is 2. The van der Waals surface area contributed by atoms with Gasteiger partial charge in [-0.2, -0.15) is 4.31 Å². The van der Waals surface area contributed by atoms with Gasteiger partial charge >= 0.3 is 5.97 Å². The summed E-state index contributed by atoms with van der Waals surface area (Å²) < 4.78 is 25.0. The molecule has 1 unspecified atom stereocenters. The lowest BCUT2D eigenvalue weighted by molar-refractivity contribution is -0.141. The zero-order chi connectivity index (χ0) is 12.3. The molecule has 0 aromatic carbocycles. The molecule has 1 fully saturated rings. The highest BCUT2D eigenvalue weighted by molar-refractivity contribution is 7.89. The molecule has 0 aromatic heterocycles. The summed E-state index contributed by atoms with van der Waals surface area (Å²) in [5, 5.41) is 11.8. The van der Waals surface area contributed by atoms with Crippen molar-refractivity contribution in [1.82, 2.24) is 9.62 Å². The van der Waals surface area contributed by atoms with Gasteiger partial charge in [0.25, 0.3) is 0 Å². The number of sulfonamides is 1. The Kier molecular flexibility index (Phi) is 4.28. The van der Waals surface area contributed by atoms with Crippen molar-refractivity contribution in [1.29, 1.82) is 0 Å². The summed E-state index contributed by atoms with van der Waals surface area (Å²) in [5.74, 6) is -1.11. The van der Waals surface area contributed by atoms with Crippen molar-refractivity contribution in [3.63, 3.8) is 0 Å². The molecule has 1 rings (SSSR count). The minimum absolute atomic E-state index is 0.00319. The molecule has 0 amide bonds. The molecule has 1 saturated heterocycles. The number of nitrogens with one attached hydrogen (secondary N) is 1. The molecule has 16 heavy (non-hydrogen) atoms. The highest BCUT2D eigenvalue weighted by atomic mass is 32.2. The highest BCUT2D eigenvalue weighted by Gasteiger charge is 2.36. The molecule has 0 spiro atoms. The number of nitrogens with zero attached hydrogens (tertiary/aromatic N) is 1. The first kappa shape index (κ1) is 13.4. The minimum atomic E-state index is -3.46. The minimum Gasteiger partial charge on any atom is -0.480 e. The van der Waals surface area contributed by atoms with Crippen LogP contribution in [0.4, 0.5) is 0 Å². The monoisotopic (exact) mass is 250 g/mol. The second-order valence-corrected chi connectivity index (χ2v) is 6.31. The molecular formula is C9H18N2O4S. The van der Waals surface area contributed by atoms with Gasteiger partial charge in [0.15, 0.2) is 0 Å². The van der Waals surface area contributed by atoms with E-state index in [-0.39, 0.29) is 24.8 Å². The maximum absolute atomic E-state index is 11.9. The van der Waals surface area contributed by atoms with Crippen LogP contribution >= 0.6 is 0 Å². The molecule has 2 N–H and O–H groups in total. The number of carboxylic acid groups (broad SMARTS) is 1. The van der Waals surface area contributed by atoms with Gasteiger partial charge in [0.1, 0.15) is 6.04 Å².